The summed E-state index contributed by atoms with van der Waals surface area (Å²) in [6.07, 6.45) is 1.49. The Morgan fingerprint density at radius 2 is 2.00 bits per heavy atom. The molecule has 9 heteroatoms. The highest BCUT2D eigenvalue weighted by Crippen LogP contribution is 2.38. The molecule has 7 nitrogen and oxygen atoms in total. The molecule has 0 radical (unpaired) electrons. The number of esters is 1. The number of hydrogen-bond acceptors (Lipinski definition) is 6. The van der Waals surface area contributed by atoms with Crippen LogP contribution in [-0.2, 0) is 19.6 Å². The van der Waals surface area contributed by atoms with Gasteiger partial charge in [0.05, 0.1) is 7.11 Å². The van der Waals surface area contributed by atoms with Crippen LogP contribution in [-0.4, -0.2) is 49.5 Å². The van der Waals surface area contributed by atoms with Gasteiger partial charge in [-0.05, 0) is 25.3 Å². The SMILES string of the molecule is COC(=O)c1sc2ccccc2c1S(=O)(=O)N1CCCCC1C(=O)O. The quantitative estimate of drug-likeness (QED) is 0.813. The van der Waals surface area contributed by atoms with Crippen LogP contribution in [0.5, 0.6) is 0 Å². The van der Waals surface area contributed by atoms with Crippen molar-refractivity contribution >= 4 is 43.4 Å². The van der Waals surface area contributed by atoms with Crippen LogP contribution < -0.4 is 0 Å². The summed E-state index contributed by atoms with van der Waals surface area (Å²) in [6.45, 7) is 0.115. The van der Waals surface area contributed by atoms with E-state index in [4.69, 9.17) is 4.74 Å². The molecule has 1 fully saturated rings. The molecule has 134 valence electrons. The third kappa shape index (κ3) is 3.03. The fraction of sp³-hybridized carbons (Fsp3) is 0.375. The van der Waals surface area contributed by atoms with Gasteiger partial charge in [-0.3, -0.25) is 4.79 Å². The van der Waals surface area contributed by atoms with Gasteiger partial charge >= 0.3 is 11.9 Å². The summed E-state index contributed by atoms with van der Waals surface area (Å²) < 4.78 is 32.9. The second-order valence-corrected chi connectivity index (χ2v) is 8.59. The Kier molecular flexibility index (Phi) is 4.81. The lowest BCUT2D eigenvalue weighted by Gasteiger charge is -2.31. The summed E-state index contributed by atoms with van der Waals surface area (Å²) in [6, 6.07) is 5.64. The van der Waals surface area contributed by atoms with Crippen molar-refractivity contribution in [3.63, 3.8) is 0 Å². The van der Waals surface area contributed by atoms with E-state index in [9.17, 15) is 23.1 Å². The van der Waals surface area contributed by atoms with Crippen molar-refractivity contribution in [1.82, 2.24) is 4.31 Å². The molecule has 1 aromatic heterocycles. The number of rotatable bonds is 4. The van der Waals surface area contributed by atoms with Crippen LogP contribution in [0.15, 0.2) is 29.2 Å². The van der Waals surface area contributed by atoms with Crippen molar-refractivity contribution in [1.29, 1.82) is 0 Å². The van der Waals surface area contributed by atoms with Gasteiger partial charge in [-0.25, -0.2) is 13.2 Å². The molecule has 0 bridgehead atoms. The monoisotopic (exact) mass is 383 g/mol. The van der Waals surface area contributed by atoms with Crippen LogP contribution in [0.4, 0.5) is 0 Å². The minimum absolute atomic E-state index is 0.0292. The van der Waals surface area contributed by atoms with E-state index in [1.54, 1.807) is 24.3 Å². The van der Waals surface area contributed by atoms with Crippen molar-refractivity contribution in [3.8, 4) is 0 Å². The molecular formula is C16H17NO6S2. The molecule has 3 rings (SSSR count). The number of carbonyl (C=O) groups is 2. The van der Waals surface area contributed by atoms with Gasteiger partial charge in [-0.15, -0.1) is 11.3 Å². The highest BCUT2D eigenvalue weighted by Gasteiger charge is 2.41. The predicted molar refractivity (Wildman–Crippen MR) is 92.3 cm³/mol. The number of sulfonamides is 1. The maximum Gasteiger partial charge on any atom is 0.349 e. The van der Waals surface area contributed by atoms with E-state index in [1.165, 1.54) is 7.11 Å². The molecule has 0 amide bonds. The number of benzene rings is 1. The molecule has 2 aromatic rings. The highest BCUT2D eigenvalue weighted by molar-refractivity contribution is 7.89. The van der Waals surface area contributed by atoms with Crippen molar-refractivity contribution in [2.24, 2.45) is 0 Å². The second kappa shape index (κ2) is 6.74. The van der Waals surface area contributed by atoms with E-state index in [0.717, 1.165) is 15.6 Å². The molecule has 2 heterocycles. The van der Waals surface area contributed by atoms with Gasteiger partial charge in [0.15, 0.2) is 0 Å². The van der Waals surface area contributed by atoms with E-state index >= 15 is 0 Å². The van der Waals surface area contributed by atoms with Gasteiger partial charge in [-0.2, -0.15) is 4.31 Å². The van der Waals surface area contributed by atoms with Gasteiger partial charge in [0, 0.05) is 16.6 Å². The summed E-state index contributed by atoms with van der Waals surface area (Å²) in [7, 11) is -2.98. The lowest BCUT2D eigenvalue weighted by atomic mass is 10.1. The number of piperidine rings is 1. The third-order valence-corrected chi connectivity index (χ3v) is 7.50. The Morgan fingerprint density at radius 1 is 1.28 bits per heavy atom. The minimum Gasteiger partial charge on any atom is -0.480 e. The first-order valence-corrected chi connectivity index (χ1v) is 9.98. The van der Waals surface area contributed by atoms with E-state index in [1.807, 2.05) is 0 Å². The van der Waals surface area contributed by atoms with Crippen LogP contribution in [0.3, 0.4) is 0 Å². The molecule has 1 N–H and O–H groups in total. The van der Waals surface area contributed by atoms with Gasteiger partial charge in [0.1, 0.15) is 15.8 Å². The number of thiophene rings is 1. The number of methoxy groups -OCH3 is 1. The Labute approximate surface area is 148 Å². The topological polar surface area (TPSA) is 101 Å². The van der Waals surface area contributed by atoms with Gasteiger partial charge < -0.3 is 9.84 Å². The molecule has 1 saturated heterocycles. The summed E-state index contributed by atoms with van der Waals surface area (Å²) in [5.74, 6) is -1.92. The number of carbonyl (C=O) groups excluding carboxylic acids is 1. The average Bonchev–Trinajstić information content (AvgIpc) is 3.01. The zero-order valence-corrected chi connectivity index (χ0v) is 15.1. The Balaban J connectivity index is 2.22. The van der Waals surface area contributed by atoms with E-state index < -0.39 is 28.0 Å². The fourth-order valence-corrected chi connectivity index (χ4v) is 6.49. The lowest BCUT2D eigenvalue weighted by molar-refractivity contribution is -0.142. The Morgan fingerprint density at radius 3 is 2.68 bits per heavy atom. The van der Waals surface area contributed by atoms with Gasteiger partial charge in [-0.1, -0.05) is 18.2 Å². The lowest BCUT2D eigenvalue weighted by Crippen LogP contribution is -2.48. The zero-order valence-electron chi connectivity index (χ0n) is 13.5. The van der Waals surface area contributed by atoms with Crippen molar-refractivity contribution in [2.75, 3.05) is 13.7 Å². The normalized spacial score (nSPS) is 19.0. The molecule has 1 aliphatic rings. The number of aliphatic carboxylic acids is 1. The Hall–Kier alpha value is -1.97. The Bertz CT molecular complexity index is 933. The zero-order chi connectivity index (χ0) is 18.2. The molecular weight excluding hydrogens is 366 g/mol. The maximum absolute atomic E-state index is 13.3. The van der Waals surface area contributed by atoms with E-state index in [-0.39, 0.29) is 22.7 Å². The van der Waals surface area contributed by atoms with Crippen LogP contribution in [0.25, 0.3) is 10.1 Å². The fourth-order valence-electron chi connectivity index (χ4n) is 3.06. The first-order valence-electron chi connectivity index (χ1n) is 7.72. The summed E-state index contributed by atoms with van der Waals surface area (Å²) in [4.78, 5) is 23.5. The number of ether oxygens (including phenoxy) is 1. The van der Waals surface area contributed by atoms with Crippen molar-refractivity contribution in [2.45, 2.75) is 30.2 Å². The molecule has 1 aromatic carbocycles. The first-order chi connectivity index (χ1) is 11.9. The van der Waals surface area contributed by atoms with E-state index in [2.05, 4.69) is 0 Å². The summed E-state index contributed by atoms with van der Waals surface area (Å²) in [5, 5.41) is 9.82. The number of hydrogen-bond donors (Lipinski definition) is 1. The number of fused-ring (bicyclic) bond motifs is 1. The largest absolute Gasteiger partial charge is 0.480 e. The number of carboxylic acids is 1. The van der Waals surface area contributed by atoms with Crippen LogP contribution in [0, 0.1) is 0 Å². The number of carboxylic acid groups (broad SMARTS) is 1. The molecule has 1 aliphatic heterocycles. The third-order valence-electron chi connectivity index (χ3n) is 4.23. The molecule has 25 heavy (non-hydrogen) atoms. The van der Waals surface area contributed by atoms with Gasteiger partial charge in [0.25, 0.3) is 0 Å². The maximum atomic E-state index is 13.3. The summed E-state index contributed by atoms with van der Waals surface area (Å²) in [5.41, 5.74) is 0. The van der Waals surface area contributed by atoms with Crippen LogP contribution in [0.2, 0.25) is 0 Å². The summed E-state index contributed by atoms with van der Waals surface area (Å²) >= 11 is 1.03. The first kappa shape index (κ1) is 17.8. The molecule has 0 aliphatic carbocycles. The second-order valence-electron chi connectivity index (χ2n) is 5.71. The molecule has 1 atom stereocenters. The van der Waals surface area contributed by atoms with Gasteiger partial charge in [0.2, 0.25) is 10.0 Å². The highest BCUT2D eigenvalue weighted by atomic mass is 32.2. The average molecular weight is 383 g/mol. The molecule has 1 unspecified atom stereocenters. The van der Waals surface area contributed by atoms with Crippen LogP contribution >= 0.6 is 11.3 Å². The molecule has 0 saturated carbocycles. The standard InChI is InChI=1S/C16H17NO6S2/c1-23-16(20)13-14(10-6-2-3-8-12(10)24-13)25(21,22)17-9-5-4-7-11(17)15(18)19/h2-3,6,8,11H,4-5,7,9H2,1H3,(H,18,19). The predicted octanol–water partition coefficient (Wildman–Crippen LogP) is 2.32. The smallest absolute Gasteiger partial charge is 0.349 e. The molecule has 0 spiro atoms. The van der Waals surface area contributed by atoms with Crippen molar-refractivity contribution in [3.05, 3.63) is 29.1 Å². The van der Waals surface area contributed by atoms with Crippen LogP contribution in [0.1, 0.15) is 28.9 Å². The minimum atomic E-state index is -4.16. The number of nitrogens with zero attached hydrogens (tertiary/aromatic N) is 1. The van der Waals surface area contributed by atoms with Crippen molar-refractivity contribution < 1.29 is 27.9 Å². The van der Waals surface area contributed by atoms with E-state index in [0.29, 0.717) is 22.9 Å².